The number of carbonyl (C=O) groups is 1. The predicted molar refractivity (Wildman–Crippen MR) is 113 cm³/mol. The largest absolute Gasteiger partial charge is 0.365 e. The van der Waals surface area contributed by atoms with E-state index in [9.17, 15) is 13.6 Å². The number of anilines is 2. The number of carbonyl (C=O) groups excluding carboxylic acids is 1. The Bertz CT molecular complexity index is 1050. The molecule has 7 nitrogen and oxygen atoms in total. The van der Waals surface area contributed by atoms with Gasteiger partial charge >= 0.3 is 0 Å². The molecule has 4 heterocycles. The van der Waals surface area contributed by atoms with Crippen LogP contribution in [0, 0.1) is 0 Å². The second kappa shape index (κ2) is 7.99. The Morgan fingerprint density at radius 1 is 1.13 bits per heavy atom. The molecule has 1 aromatic heterocycles. The number of amides is 1. The van der Waals surface area contributed by atoms with E-state index in [-0.39, 0.29) is 17.6 Å². The molecule has 0 bridgehead atoms. The van der Waals surface area contributed by atoms with Crippen LogP contribution < -0.4 is 21.0 Å². The molecule has 9 heteroatoms. The first-order chi connectivity index (χ1) is 15.1. The maximum absolute atomic E-state index is 13.5. The highest BCUT2D eigenvalue weighted by Crippen LogP contribution is 2.31. The number of hydrazine groups is 1. The van der Waals surface area contributed by atoms with Gasteiger partial charge in [-0.05, 0) is 30.2 Å². The summed E-state index contributed by atoms with van der Waals surface area (Å²) in [6.45, 7) is 1.93. The van der Waals surface area contributed by atoms with Gasteiger partial charge in [0.25, 0.3) is 12.3 Å². The van der Waals surface area contributed by atoms with E-state index in [1.807, 2.05) is 24.3 Å². The number of pyridine rings is 1. The molecule has 2 unspecified atom stereocenters. The van der Waals surface area contributed by atoms with Crippen molar-refractivity contribution in [2.24, 2.45) is 0 Å². The number of halogens is 2. The lowest BCUT2D eigenvalue weighted by molar-refractivity contribution is -0.114. The van der Waals surface area contributed by atoms with Crippen LogP contribution in [0.25, 0.3) is 0 Å². The summed E-state index contributed by atoms with van der Waals surface area (Å²) in [5.74, 6) is 0.959. The fourth-order valence-electron chi connectivity index (χ4n) is 3.89. The third kappa shape index (κ3) is 3.72. The maximum atomic E-state index is 13.5. The molecular formula is C22H22F2N6O. The summed E-state index contributed by atoms with van der Waals surface area (Å²) in [6, 6.07) is 11.5. The van der Waals surface area contributed by atoms with E-state index in [4.69, 9.17) is 0 Å². The molecule has 5 rings (SSSR count). The van der Waals surface area contributed by atoms with Gasteiger partial charge in [-0.3, -0.25) is 9.80 Å². The summed E-state index contributed by atoms with van der Waals surface area (Å²) in [6.07, 6.45) is 3.56. The molecule has 3 aliphatic heterocycles. The molecular weight excluding hydrogens is 402 g/mol. The molecule has 0 aliphatic carbocycles. The molecule has 2 aromatic rings. The van der Waals surface area contributed by atoms with Gasteiger partial charge in [0.1, 0.15) is 23.5 Å². The SMILES string of the molecule is O=C(Nc1cccc(N2CCC2)n1)C1=CNC2C=CC(c3ccccc3C(F)F)NN12. The third-order valence-corrected chi connectivity index (χ3v) is 5.65. The molecule has 0 spiro atoms. The van der Waals surface area contributed by atoms with Crippen molar-refractivity contribution in [3.8, 4) is 0 Å². The average Bonchev–Trinajstić information content (AvgIpc) is 3.16. The number of alkyl halides is 2. The number of nitrogens with zero attached hydrogens (tertiary/aromatic N) is 3. The lowest BCUT2D eigenvalue weighted by atomic mass is 9.99. The Kier molecular flexibility index (Phi) is 5.03. The summed E-state index contributed by atoms with van der Waals surface area (Å²) in [5, 5.41) is 7.60. The second-order valence-electron chi connectivity index (χ2n) is 7.61. The van der Waals surface area contributed by atoms with Crippen LogP contribution >= 0.6 is 0 Å². The minimum atomic E-state index is -2.58. The smallest absolute Gasteiger partial charge is 0.276 e. The molecule has 1 saturated heterocycles. The summed E-state index contributed by atoms with van der Waals surface area (Å²) in [7, 11) is 0. The second-order valence-corrected chi connectivity index (χ2v) is 7.61. The Balaban J connectivity index is 1.32. The molecule has 160 valence electrons. The zero-order chi connectivity index (χ0) is 21.4. The lowest BCUT2D eigenvalue weighted by Gasteiger charge is -2.35. The maximum Gasteiger partial charge on any atom is 0.276 e. The van der Waals surface area contributed by atoms with Gasteiger partial charge in [-0.25, -0.2) is 19.2 Å². The van der Waals surface area contributed by atoms with Crippen LogP contribution in [0.4, 0.5) is 20.4 Å². The first kappa shape index (κ1) is 19.5. The summed E-state index contributed by atoms with van der Waals surface area (Å²) in [4.78, 5) is 19.6. The van der Waals surface area contributed by atoms with E-state index in [1.54, 1.807) is 35.5 Å². The molecule has 3 aliphatic rings. The summed E-state index contributed by atoms with van der Waals surface area (Å²) in [5.41, 5.74) is 3.98. The molecule has 0 saturated carbocycles. The standard InChI is InChI=1S/C22H22F2N6O/c23-21(24)15-6-2-1-5-14(15)16-9-10-19-25-13-17(30(19)28-16)22(31)27-18-7-3-8-20(26-18)29-11-4-12-29/h1-3,5-10,13,16,19,21,25,28H,4,11-12H2,(H,26,27,31). The highest BCUT2D eigenvalue weighted by molar-refractivity contribution is 6.03. The fourth-order valence-corrected chi connectivity index (χ4v) is 3.89. The van der Waals surface area contributed by atoms with Crippen LogP contribution in [0.15, 0.2) is 66.5 Å². The van der Waals surface area contributed by atoms with Gasteiger partial charge in [0.15, 0.2) is 0 Å². The topological polar surface area (TPSA) is 72.5 Å². The Morgan fingerprint density at radius 2 is 1.97 bits per heavy atom. The molecule has 2 atom stereocenters. The number of fused-ring (bicyclic) bond motifs is 1. The van der Waals surface area contributed by atoms with Gasteiger partial charge in [0.2, 0.25) is 0 Å². The highest BCUT2D eigenvalue weighted by atomic mass is 19.3. The Labute approximate surface area is 178 Å². The summed E-state index contributed by atoms with van der Waals surface area (Å²) >= 11 is 0. The lowest BCUT2D eigenvalue weighted by Crippen LogP contribution is -2.50. The zero-order valence-corrected chi connectivity index (χ0v) is 16.6. The van der Waals surface area contributed by atoms with Crippen LogP contribution in [0.3, 0.4) is 0 Å². The van der Waals surface area contributed by atoms with Crippen LogP contribution in [0.5, 0.6) is 0 Å². The fraction of sp³-hybridized carbons (Fsp3) is 0.273. The number of aromatic nitrogens is 1. The van der Waals surface area contributed by atoms with Gasteiger partial charge in [-0.15, -0.1) is 0 Å². The van der Waals surface area contributed by atoms with E-state index in [0.29, 0.717) is 17.1 Å². The van der Waals surface area contributed by atoms with Gasteiger partial charge in [-0.2, -0.15) is 0 Å². The number of hydrogen-bond donors (Lipinski definition) is 3. The number of nitrogens with one attached hydrogen (secondary N) is 3. The minimum absolute atomic E-state index is 0.0303. The number of benzene rings is 1. The quantitative estimate of drug-likeness (QED) is 0.641. The van der Waals surface area contributed by atoms with Crippen molar-refractivity contribution in [2.45, 2.75) is 25.1 Å². The first-order valence-electron chi connectivity index (χ1n) is 10.2. The van der Waals surface area contributed by atoms with Crippen LogP contribution in [-0.2, 0) is 4.79 Å². The Morgan fingerprint density at radius 3 is 2.74 bits per heavy atom. The molecule has 0 radical (unpaired) electrons. The van der Waals surface area contributed by atoms with E-state index in [2.05, 4.69) is 25.9 Å². The number of rotatable bonds is 5. The van der Waals surface area contributed by atoms with Gasteiger partial charge in [0, 0.05) is 24.9 Å². The molecule has 3 N–H and O–H groups in total. The van der Waals surface area contributed by atoms with Crippen molar-refractivity contribution >= 4 is 17.5 Å². The van der Waals surface area contributed by atoms with Crippen molar-refractivity contribution in [3.05, 3.63) is 77.6 Å². The van der Waals surface area contributed by atoms with Crippen molar-refractivity contribution < 1.29 is 13.6 Å². The van der Waals surface area contributed by atoms with Crippen molar-refractivity contribution in [1.82, 2.24) is 20.7 Å². The van der Waals surface area contributed by atoms with Crippen LogP contribution in [0.1, 0.15) is 30.0 Å². The highest BCUT2D eigenvalue weighted by Gasteiger charge is 2.34. The van der Waals surface area contributed by atoms with E-state index in [0.717, 1.165) is 25.3 Å². The average molecular weight is 424 g/mol. The van der Waals surface area contributed by atoms with Crippen molar-refractivity contribution in [1.29, 1.82) is 0 Å². The van der Waals surface area contributed by atoms with E-state index < -0.39 is 12.5 Å². The van der Waals surface area contributed by atoms with Crippen molar-refractivity contribution in [3.63, 3.8) is 0 Å². The Hall–Kier alpha value is -3.46. The normalized spacial score (nSPS) is 22.0. The number of hydrogen-bond acceptors (Lipinski definition) is 6. The van der Waals surface area contributed by atoms with E-state index >= 15 is 0 Å². The minimum Gasteiger partial charge on any atom is -0.365 e. The van der Waals surface area contributed by atoms with Gasteiger partial charge in [-0.1, -0.05) is 36.4 Å². The van der Waals surface area contributed by atoms with Crippen LogP contribution in [-0.4, -0.2) is 35.2 Å². The third-order valence-electron chi connectivity index (χ3n) is 5.65. The van der Waals surface area contributed by atoms with Gasteiger partial charge in [0.05, 0.1) is 6.04 Å². The molecule has 1 fully saturated rings. The van der Waals surface area contributed by atoms with Gasteiger partial charge < -0.3 is 15.5 Å². The molecule has 1 aromatic carbocycles. The zero-order valence-electron chi connectivity index (χ0n) is 16.6. The van der Waals surface area contributed by atoms with Crippen LogP contribution in [0.2, 0.25) is 0 Å². The molecule has 31 heavy (non-hydrogen) atoms. The van der Waals surface area contributed by atoms with Crippen molar-refractivity contribution in [2.75, 3.05) is 23.3 Å². The summed E-state index contributed by atoms with van der Waals surface area (Å²) < 4.78 is 26.9. The van der Waals surface area contributed by atoms with E-state index in [1.165, 1.54) is 6.07 Å². The molecule has 1 amide bonds. The first-order valence-corrected chi connectivity index (χ1v) is 10.2. The predicted octanol–water partition coefficient (Wildman–Crippen LogP) is 3.06. The monoisotopic (exact) mass is 424 g/mol.